The Labute approximate surface area is 214 Å². The first-order valence-electron chi connectivity index (χ1n) is 14.1. The maximum absolute atomic E-state index is 13.3. The van der Waals surface area contributed by atoms with Gasteiger partial charge in [-0.25, -0.2) is 4.39 Å². The van der Waals surface area contributed by atoms with E-state index in [9.17, 15) is 18.8 Å². The van der Waals surface area contributed by atoms with E-state index in [-0.39, 0.29) is 40.7 Å². The Bertz CT molecular complexity index is 990. The lowest BCUT2D eigenvalue weighted by molar-refractivity contribution is -0.145. The summed E-state index contributed by atoms with van der Waals surface area (Å²) in [5.74, 6) is 1.07. The molecule has 1 aromatic carbocycles. The van der Waals surface area contributed by atoms with Crippen LogP contribution in [0.1, 0.15) is 88.4 Å². The molecule has 5 rings (SSSR count). The van der Waals surface area contributed by atoms with Crippen molar-refractivity contribution in [2.45, 2.75) is 84.1 Å². The predicted octanol–water partition coefficient (Wildman–Crippen LogP) is 5.18. The lowest BCUT2D eigenvalue weighted by atomic mass is 9.68. The lowest BCUT2D eigenvalue weighted by Gasteiger charge is -2.38. The van der Waals surface area contributed by atoms with Crippen molar-refractivity contribution >= 4 is 17.5 Å². The second-order valence-corrected chi connectivity index (χ2v) is 12.5. The number of nitrogens with one attached hydrogen (secondary N) is 1. The summed E-state index contributed by atoms with van der Waals surface area (Å²) in [5.41, 5.74) is -0.395. The molecule has 0 radical (unpaired) electrons. The summed E-state index contributed by atoms with van der Waals surface area (Å²) >= 11 is 0. The van der Waals surface area contributed by atoms with Gasteiger partial charge in [-0.05, 0) is 119 Å². The molecule has 4 fully saturated rings. The predicted molar refractivity (Wildman–Crippen MR) is 137 cm³/mol. The van der Waals surface area contributed by atoms with Crippen molar-refractivity contribution in [3.63, 3.8) is 0 Å². The molecule has 3 aliphatic carbocycles. The van der Waals surface area contributed by atoms with Crippen LogP contribution in [0.5, 0.6) is 0 Å². The monoisotopic (exact) mass is 496 g/mol. The number of amides is 1. The average molecular weight is 497 g/mol. The third-order valence-corrected chi connectivity index (χ3v) is 10.4. The van der Waals surface area contributed by atoms with E-state index in [2.05, 4.69) is 24.1 Å². The zero-order valence-electron chi connectivity index (χ0n) is 21.9. The maximum atomic E-state index is 13.3. The Hall–Kier alpha value is -2.08. The Morgan fingerprint density at radius 2 is 1.67 bits per heavy atom. The SMILES string of the molecule is CC1(C)[C@@H]2CC[C@]1(C(=O)N[C@H]1CC[C@H](CCN3CCC(C(=O)c4ccc(F)cc4)CC3)CC1)C(=O)C2. The van der Waals surface area contributed by atoms with E-state index in [0.29, 0.717) is 23.8 Å². The lowest BCUT2D eigenvalue weighted by Crippen LogP contribution is -2.53. The highest BCUT2D eigenvalue weighted by molar-refractivity contribution is 6.09. The summed E-state index contributed by atoms with van der Waals surface area (Å²) in [6, 6.07) is 6.11. The van der Waals surface area contributed by atoms with Crippen LogP contribution in [-0.4, -0.2) is 48.0 Å². The van der Waals surface area contributed by atoms with Crippen LogP contribution >= 0.6 is 0 Å². The summed E-state index contributed by atoms with van der Waals surface area (Å²) in [6.45, 7) is 7.18. The van der Waals surface area contributed by atoms with Crippen molar-refractivity contribution in [3.05, 3.63) is 35.6 Å². The highest BCUT2D eigenvalue weighted by Gasteiger charge is 2.68. The molecule has 0 spiro atoms. The number of fused-ring (bicyclic) bond motifs is 2. The molecule has 36 heavy (non-hydrogen) atoms. The molecular weight excluding hydrogens is 455 g/mol. The topological polar surface area (TPSA) is 66.5 Å². The van der Waals surface area contributed by atoms with E-state index in [1.807, 2.05) is 0 Å². The molecule has 6 heteroatoms. The number of nitrogens with zero attached hydrogens (tertiary/aromatic N) is 1. The molecule has 5 nitrogen and oxygen atoms in total. The zero-order valence-corrected chi connectivity index (χ0v) is 21.9. The Morgan fingerprint density at radius 1 is 1.00 bits per heavy atom. The summed E-state index contributed by atoms with van der Waals surface area (Å²) in [4.78, 5) is 41.3. The maximum Gasteiger partial charge on any atom is 0.234 e. The van der Waals surface area contributed by atoms with Gasteiger partial charge in [-0.3, -0.25) is 14.4 Å². The van der Waals surface area contributed by atoms with Crippen molar-refractivity contribution in [1.82, 2.24) is 10.2 Å². The highest BCUT2D eigenvalue weighted by atomic mass is 19.1. The Balaban J connectivity index is 1.03. The van der Waals surface area contributed by atoms with Gasteiger partial charge in [0.2, 0.25) is 5.91 Å². The number of rotatable bonds is 7. The van der Waals surface area contributed by atoms with Crippen LogP contribution < -0.4 is 5.32 Å². The van der Waals surface area contributed by atoms with Crippen molar-refractivity contribution in [1.29, 1.82) is 0 Å². The van der Waals surface area contributed by atoms with Gasteiger partial charge in [-0.1, -0.05) is 13.8 Å². The first kappa shape index (κ1) is 25.6. The summed E-state index contributed by atoms with van der Waals surface area (Å²) in [6.07, 6.45) is 9.43. The van der Waals surface area contributed by atoms with Crippen molar-refractivity contribution < 1.29 is 18.8 Å². The minimum absolute atomic E-state index is 0.000921. The number of ketones is 2. The molecule has 196 valence electrons. The third-order valence-electron chi connectivity index (χ3n) is 10.4. The van der Waals surface area contributed by atoms with Gasteiger partial charge >= 0.3 is 0 Å². The number of benzene rings is 1. The van der Waals surface area contributed by atoms with Gasteiger partial charge in [0.1, 0.15) is 17.0 Å². The minimum Gasteiger partial charge on any atom is -0.352 e. The zero-order chi connectivity index (χ0) is 25.5. The van der Waals surface area contributed by atoms with Gasteiger partial charge in [0.05, 0.1) is 0 Å². The van der Waals surface area contributed by atoms with Gasteiger partial charge in [0, 0.05) is 23.9 Å². The van der Waals surface area contributed by atoms with Crippen LogP contribution in [0.3, 0.4) is 0 Å². The molecular formula is C30H41FN2O3. The molecule has 4 aliphatic rings. The van der Waals surface area contributed by atoms with Crippen molar-refractivity contribution in [2.75, 3.05) is 19.6 Å². The fourth-order valence-electron chi connectivity index (χ4n) is 7.75. The molecule has 2 atom stereocenters. The first-order chi connectivity index (χ1) is 17.2. The van der Waals surface area contributed by atoms with Gasteiger partial charge in [-0.15, -0.1) is 0 Å². The number of Topliss-reactive ketones (excluding diaryl/α,β-unsaturated/α-hetero) is 2. The minimum atomic E-state index is -0.793. The van der Waals surface area contributed by atoms with Crippen LogP contribution in [0.15, 0.2) is 24.3 Å². The largest absolute Gasteiger partial charge is 0.352 e. The quantitative estimate of drug-likeness (QED) is 0.417. The molecule has 0 aromatic heterocycles. The van der Waals surface area contributed by atoms with Crippen LogP contribution in [-0.2, 0) is 9.59 Å². The van der Waals surface area contributed by atoms with Crippen LogP contribution in [0.4, 0.5) is 4.39 Å². The van der Waals surface area contributed by atoms with E-state index in [1.165, 1.54) is 12.1 Å². The summed E-state index contributed by atoms with van der Waals surface area (Å²) in [7, 11) is 0. The number of likely N-dealkylation sites (tertiary alicyclic amines) is 1. The molecule has 3 saturated carbocycles. The van der Waals surface area contributed by atoms with Crippen LogP contribution in [0.25, 0.3) is 0 Å². The number of piperidine rings is 1. The van der Waals surface area contributed by atoms with Crippen LogP contribution in [0.2, 0.25) is 0 Å². The van der Waals surface area contributed by atoms with Gasteiger partial charge < -0.3 is 10.2 Å². The molecule has 1 heterocycles. The second kappa shape index (κ2) is 10.00. The van der Waals surface area contributed by atoms with Crippen molar-refractivity contribution in [3.8, 4) is 0 Å². The average Bonchev–Trinajstić information content (AvgIpc) is 3.25. The van der Waals surface area contributed by atoms with Gasteiger partial charge in [0.25, 0.3) is 0 Å². The molecule has 1 amide bonds. The fraction of sp³-hybridized carbons (Fsp3) is 0.700. The number of carbonyl (C=O) groups excluding carboxylic acids is 3. The van der Waals surface area contributed by atoms with E-state index >= 15 is 0 Å². The normalized spacial score (nSPS) is 32.5. The first-order valence-corrected chi connectivity index (χ1v) is 14.1. The molecule has 1 aliphatic heterocycles. The van der Waals surface area contributed by atoms with E-state index < -0.39 is 5.41 Å². The molecule has 0 unspecified atom stereocenters. The number of hydrogen-bond donors (Lipinski definition) is 1. The van der Waals surface area contributed by atoms with Gasteiger partial charge in [0.15, 0.2) is 5.78 Å². The molecule has 1 aromatic rings. The summed E-state index contributed by atoms with van der Waals surface area (Å²) < 4.78 is 13.1. The van der Waals surface area contributed by atoms with Crippen molar-refractivity contribution in [2.24, 2.45) is 28.6 Å². The van der Waals surface area contributed by atoms with Gasteiger partial charge in [-0.2, -0.15) is 0 Å². The molecule has 2 bridgehead atoms. The molecule has 1 N–H and O–H groups in total. The Morgan fingerprint density at radius 3 is 2.25 bits per heavy atom. The highest BCUT2D eigenvalue weighted by Crippen LogP contribution is 2.64. The molecule has 1 saturated heterocycles. The summed E-state index contributed by atoms with van der Waals surface area (Å²) in [5, 5.41) is 3.30. The number of halogens is 1. The van der Waals surface area contributed by atoms with E-state index in [4.69, 9.17) is 0 Å². The smallest absolute Gasteiger partial charge is 0.234 e. The second-order valence-electron chi connectivity index (χ2n) is 12.5. The van der Waals surface area contributed by atoms with Crippen LogP contribution in [0, 0.1) is 34.4 Å². The Kier molecular flexibility index (Phi) is 7.10. The van der Waals surface area contributed by atoms with E-state index in [1.54, 1.807) is 12.1 Å². The fourth-order valence-corrected chi connectivity index (χ4v) is 7.75. The van der Waals surface area contributed by atoms with E-state index in [0.717, 1.165) is 77.4 Å². The third kappa shape index (κ3) is 4.55. The standard InChI is InChI=1S/C30H41FN2O3/c1-29(2)23-11-15-30(29,26(34)19-23)28(36)32-25-9-3-20(4-10-25)12-16-33-17-13-22(14-18-33)27(35)21-5-7-24(31)8-6-21/h5-8,20,22-23,25H,3-4,9-19H2,1-2H3,(H,32,36)/t20-,23-,25-,30-/m1/s1. The number of hydrogen-bond acceptors (Lipinski definition) is 4. The number of carbonyl (C=O) groups is 3.